The van der Waals surface area contributed by atoms with Gasteiger partial charge in [0, 0.05) is 17.1 Å². The number of rotatable bonds is 5. The lowest BCUT2D eigenvalue weighted by atomic mass is 10.1. The predicted molar refractivity (Wildman–Crippen MR) is 94.4 cm³/mol. The third kappa shape index (κ3) is 3.01. The van der Waals surface area contributed by atoms with Crippen LogP contribution >= 0.6 is 0 Å². The maximum Gasteiger partial charge on any atom is 0.339 e. The molecule has 2 aromatic carbocycles. The highest BCUT2D eigenvalue weighted by atomic mass is 16.5. The number of nitrogens with one attached hydrogen (secondary N) is 1. The standard InChI is InChI=1S/C19H18N2O3/c1-3-12-6-4-5-7-16(12)20-18-15(19(22)23)10-13-8-9-14(24-2)11-17(13)21-18/h4-11H,3H2,1-2H3,(H,20,21)(H,22,23). The molecule has 0 unspecified atom stereocenters. The van der Waals surface area contributed by atoms with Gasteiger partial charge in [0.2, 0.25) is 0 Å². The number of fused-ring (bicyclic) bond motifs is 1. The molecule has 0 spiro atoms. The molecule has 0 atom stereocenters. The van der Waals surface area contributed by atoms with Gasteiger partial charge in [0.15, 0.2) is 0 Å². The first-order valence-electron chi connectivity index (χ1n) is 7.69. The van der Waals surface area contributed by atoms with Crippen LogP contribution in [0.2, 0.25) is 0 Å². The van der Waals surface area contributed by atoms with Crippen LogP contribution in [-0.2, 0) is 6.42 Å². The Morgan fingerprint density at radius 1 is 1.21 bits per heavy atom. The van der Waals surface area contributed by atoms with Crippen molar-refractivity contribution in [2.75, 3.05) is 12.4 Å². The number of anilines is 2. The molecule has 122 valence electrons. The van der Waals surface area contributed by atoms with Crippen LogP contribution < -0.4 is 10.1 Å². The minimum absolute atomic E-state index is 0.138. The normalized spacial score (nSPS) is 10.6. The second-order valence-electron chi connectivity index (χ2n) is 5.38. The van der Waals surface area contributed by atoms with Gasteiger partial charge in [-0.1, -0.05) is 25.1 Å². The lowest BCUT2D eigenvalue weighted by Gasteiger charge is -2.13. The summed E-state index contributed by atoms with van der Waals surface area (Å²) < 4.78 is 5.22. The summed E-state index contributed by atoms with van der Waals surface area (Å²) in [7, 11) is 1.59. The van der Waals surface area contributed by atoms with Gasteiger partial charge in [0.25, 0.3) is 0 Å². The summed E-state index contributed by atoms with van der Waals surface area (Å²) in [6, 6.07) is 14.8. The molecular formula is C19H18N2O3. The lowest BCUT2D eigenvalue weighted by molar-refractivity contribution is 0.0698. The second-order valence-corrected chi connectivity index (χ2v) is 5.38. The number of para-hydroxylation sites is 1. The number of methoxy groups -OCH3 is 1. The molecular weight excluding hydrogens is 304 g/mol. The molecule has 3 aromatic rings. The van der Waals surface area contributed by atoms with Crippen molar-refractivity contribution in [3.63, 3.8) is 0 Å². The van der Waals surface area contributed by atoms with Crippen LogP contribution in [0.25, 0.3) is 10.9 Å². The molecule has 0 saturated heterocycles. The Bertz CT molecular complexity index is 906. The van der Waals surface area contributed by atoms with Gasteiger partial charge in [0.1, 0.15) is 17.1 Å². The molecule has 1 heterocycles. The molecule has 0 aliphatic rings. The zero-order valence-corrected chi connectivity index (χ0v) is 13.5. The molecule has 0 amide bonds. The smallest absolute Gasteiger partial charge is 0.339 e. The number of ether oxygens (including phenoxy) is 1. The number of carboxylic acids is 1. The molecule has 1 aromatic heterocycles. The number of aromatic carboxylic acids is 1. The number of aryl methyl sites for hydroxylation is 1. The predicted octanol–water partition coefficient (Wildman–Crippen LogP) is 4.25. The third-order valence-electron chi connectivity index (χ3n) is 3.91. The van der Waals surface area contributed by atoms with Gasteiger partial charge < -0.3 is 15.2 Å². The van der Waals surface area contributed by atoms with Crippen molar-refractivity contribution in [1.82, 2.24) is 4.98 Å². The summed E-state index contributed by atoms with van der Waals surface area (Å²) in [5.41, 5.74) is 2.77. The zero-order valence-electron chi connectivity index (χ0n) is 13.5. The molecule has 3 rings (SSSR count). The van der Waals surface area contributed by atoms with Crippen LogP contribution in [0.4, 0.5) is 11.5 Å². The van der Waals surface area contributed by atoms with Crippen molar-refractivity contribution in [1.29, 1.82) is 0 Å². The van der Waals surface area contributed by atoms with E-state index >= 15 is 0 Å². The highest BCUT2D eigenvalue weighted by molar-refractivity contribution is 5.99. The van der Waals surface area contributed by atoms with E-state index in [1.807, 2.05) is 24.3 Å². The minimum Gasteiger partial charge on any atom is -0.497 e. The Morgan fingerprint density at radius 3 is 2.71 bits per heavy atom. The molecule has 0 saturated carbocycles. The molecule has 0 aliphatic carbocycles. The van der Waals surface area contributed by atoms with E-state index < -0.39 is 5.97 Å². The fraction of sp³-hybridized carbons (Fsp3) is 0.158. The average Bonchev–Trinajstić information content (AvgIpc) is 2.60. The van der Waals surface area contributed by atoms with E-state index in [-0.39, 0.29) is 5.56 Å². The Balaban J connectivity index is 2.13. The Kier molecular flexibility index (Phi) is 4.33. The van der Waals surface area contributed by atoms with Crippen LogP contribution in [0.3, 0.4) is 0 Å². The maximum absolute atomic E-state index is 11.6. The first-order chi connectivity index (χ1) is 11.6. The fourth-order valence-corrected chi connectivity index (χ4v) is 2.61. The van der Waals surface area contributed by atoms with Crippen molar-refractivity contribution in [2.24, 2.45) is 0 Å². The summed E-state index contributed by atoms with van der Waals surface area (Å²) in [5.74, 6) is -0.0150. The molecule has 0 bridgehead atoms. The van der Waals surface area contributed by atoms with Crippen molar-refractivity contribution in [3.05, 3.63) is 59.7 Å². The van der Waals surface area contributed by atoms with E-state index in [0.717, 1.165) is 23.1 Å². The summed E-state index contributed by atoms with van der Waals surface area (Å²) in [6.45, 7) is 2.05. The van der Waals surface area contributed by atoms with Gasteiger partial charge in [-0.25, -0.2) is 9.78 Å². The maximum atomic E-state index is 11.6. The van der Waals surface area contributed by atoms with Gasteiger partial charge in [0.05, 0.1) is 12.6 Å². The zero-order chi connectivity index (χ0) is 17.1. The van der Waals surface area contributed by atoms with Gasteiger partial charge >= 0.3 is 5.97 Å². The third-order valence-corrected chi connectivity index (χ3v) is 3.91. The van der Waals surface area contributed by atoms with Crippen LogP contribution in [0.1, 0.15) is 22.8 Å². The second kappa shape index (κ2) is 6.58. The Morgan fingerprint density at radius 2 is 2.00 bits per heavy atom. The van der Waals surface area contributed by atoms with Gasteiger partial charge in [-0.2, -0.15) is 0 Å². The first-order valence-corrected chi connectivity index (χ1v) is 7.69. The summed E-state index contributed by atoms with van der Waals surface area (Å²) >= 11 is 0. The van der Waals surface area contributed by atoms with Crippen molar-refractivity contribution in [3.8, 4) is 5.75 Å². The van der Waals surface area contributed by atoms with Crippen molar-refractivity contribution >= 4 is 28.4 Å². The van der Waals surface area contributed by atoms with Crippen LogP contribution in [0, 0.1) is 0 Å². The average molecular weight is 322 g/mol. The molecule has 0 aliphatic heterocycles. The van der Waals surface area contributed by atoms with E-state index in [4.69, 9.17) is 4.74 Å². The van der Waals surface area contributed by atoms with E-state index in [2.05, 4.69) is 17.2 Å². The van der Waals surface area contributed by atoms with Crippen LogP contribution in [0.5, 0.6) is 5.75 Å². The van der Waals surface area contributed by atoms with E-state index in [1.54, 1.807) is 31.4 Å². The number of carboxylic acid groups (broad SMARTS) is 1. The SMILES string of the molecule is CCc1ccccc1Nc1nc2cc(OC)ccc2cc1C(=O)O. The number of nitrogens with zero attached hydrogens (tertiary/aromatic N) is 1. The number of benzene rings is 2. The molecule has 0 radical (unpaired) electrons. The highest BCUT2D eigenvalue weighted by Crippen LogP contribution is 2.27. The molecule has 5 heteroatoms. The quantitative estimate of drug-likeness (QED) is 0.735. The molecule has 0 fully saturated rings. The van der Waals surface area contributed by atoms with Gasteiger partial charge in [-0.3, -0.25) is 0 Å². The number of hydrogen-bond acceptors (Lipinski definition) is 4. The number of carbonyl (C=O) groups is 1. The van der Waals surface area contributed by atoms with Crippen LogP contribution in [0.15, 0.2) is 48.5 Å². The monoisotopic (exact) mass is 322 g/mol. The first kappa shape index (κ1) is 15.8. The number of aromatic nitrogens is 1. The minimum atomic E-state index is -1.02. The Hall–Kier alpha value is -3.08. The Labute approximate surface area is 139 Å². The lowest BCUT2D eigenvalue weighted by Crippen LogP contribution is -2.06. The van der Waals surface area contributed by atoms with E-state index in [9.17, 15) is 9.90 Å². The van der Waals surface area contributed by atoms with Crippen molar-refractivity contribution < 1.29 is 14.6 Å². The van der Waals surface area contributed by atoms with Gasteiger partial charge in [-0.15, -0.1) is 0 Å². The molecule has 2 N–H and O–H groups in total. The fourth-order valence-electron chi connectivity index (χ4n) is 2.61. The number of hydrogen-bond donors (Lipinski definition) is 2. The number of pyridine rings is 1. The van der Waals surface area contributed by atoms with Gasteiger partial charge in [-0.05, 0) is 36.2 Å². The van der Waals surface area contributed by atoms with Crippen molar-refractivity contribution in [2.45, 2.75) is 13.3 Å². The summed E-state index contributed by atoms with van der Waals surface area (Å²) in [6.07, 6.45) is 0.840. The van der Waals surface area contributed by atoms with E-state index in [0.29, 0.717) is 17.1 Å². The largest absolute Gasteiger partial charge is 0.497 e. The van der Waals surface area contributed by atoms with E-state index in [1.165, 1.54) is 0 Å². The van der Waals surface area contributed by atoms with Crippen LogP contribution in [-0.4, -0.2) is 23.2 Å². The highest BCUT2D eigenvalue weighted by Gasteiger charge is 2.15. The topological polar surface area (TPSA) is 71.5 Å². The molecule has 5 nitrogen and oxygen atoms in total. The summed E-state index contributed by atoms with van der Waals surface area (Å²) in [5, 5.41) is 13.4. The molecule has 24 heavy (non-hydrogen) atoms. The summed E-state index contributed by atoms with van der Waals surface area (Å²) in [4.78, 5) is 16.1.